The average molecular weight is 263 g/mol. The predicted octanol–water partition coefficient (Wildman–Crippen LogP) is 3.00. The number of hydrogen-bond acceptors (Lipinski definition) is 4. The number of pyridine rings is 1. The molecule has 1 aromatic rings. The molecule has 2 heterocycles. The highest BCUT2D eigenvalue weighted by Gasteiger charge is 2.20. The summed E-state index contributed by atoms with van der Waals surface area (Å²) in [6, 6.07) is 6.11. The summed E-state index contributed by atoms with van der Waals surface area (Å²) in [7, 11) is 0. The van der Waals surface area contributed by atoms with E-state index in [0.29, 0.717) is 5.25 Å². The molecule has 0 bridgehead atoms. The fourth-order valence-corrected chi connectivity index (χ4v) is 3.28. The zero-order valence-corrected chi connectivity index (χ0v) is 12.1. The molecular weight excluding hydrogens is 242 g/mol. The quantitative estimate of drug-likeness (QED) is 0.907. The molecule has 0 amide bonds. The largest absolute Gasteiger partial charge is 0.359 e. The average Bonchev–Trinajstić information content (AvgIpc) is 2.73. The first-order valence-corrected chi connectivity index (χ1v) is 7.39. The molecule has 0 saturated carbocycles. The molecule has 1 unspecified atom stereocenters. The van der Waals surface area contributed by atoms with Crippen LogP contribution >= 0.6 is 11.8 Å². The molecule has 1 aliphatic rings. The van der Waals surface area contributed by atoms with E-state index in [1.165, 1.54) is 6.42 Å². The lowest BCUT2D eigenvalue weighted by Crippen LogP contribution is -2.20. The Balaban J connectivity index is 1.78. The van der Waals surface area contributed by atoms with Gasteiger partial charge < -0.3 is 5.32 Å². The molecule has 1 atom stereocenters. The molecule has 4 heteroatoms. The van der Waals surface area contributed by atoms with E-state index in [0.717, 1.165) is 35.6 Å². The number of amidine groups is 1. The Bertz CT molecular complexity index is 429. The van der Waals surface area contributed by atoms with Crippen LogP contribution < -0.4 is 5.32 Å². The number of aromatic nitrogens is 1. The molecule has 3 nitrogen and oxygen atoms in total. The number of hydrogen-bond donors (Lipinski definition) is 1. The summed E-state index contributed by atoms with van der Waals surface area (Å²) in [6.07, 6.45) is 1.24. The topological polar surface area (TPSA) is 37.3 Å². The van der Waals surface area contributed by atoms with Crippen LogP contribution in [0.1, 0.15) is 31.7 Å². The molecule has 2 rings (SSSR count). The van der Waals surface area contributed by atoms with E-state index in [1.54, 1.807) is 0 Å². The van der Waals surface area contributed by atoms with E-state index in [1.807, 2.05) is 36.9 Å². The van der Waals surface area contributed by atoms with Gasteiger partial charge in [0.1, 0.15) is 0 Å². The molecule has 0 saturated heterocycles. The molecule has 1 N–H and O–H groups in total. The summed E-state index contributed by atoms with van der Waals surface area (Å²) in [5.41, 5.74) is 2.14. The van der Waals surface area contributed by atoms with Crippen LogP contribution in [0.3, 0.4) is 0 Å². The van der Waals surface area contributed by atoms with Crippen LogP contribution in [-0.2, 0) is 6.54 Å². The summed E-state index contributed by atoms with van der Waals surface area (Å²) in [6.45, 7) is 8.27. The maximum absolute atomic E-state index is 4.55. The van der Waals surface area contributed by atoms with Crippen molar-refractivity contribution in [1.82, 2.24) is 10.3 Å². The smallest absolute Gasteiger partial charge is 0.157 e. The third-order valence-electron chi connectivity index (χ3n) is 2.82. The normalized spacial score (nSPS) is 19.1. The Morgan fingerprint density at radius 2 is 2.28 bits per heavy atom. The lowest BCUT2D eigenvalue weighted by Gasteiger charge is -2.11. The SMILES string of the molecule is Cc1cccc(CNC2=NCC(CC(C)C)S2)n1. The number of rotatable bonds is 4. The van der Waals surface area contributed by atoms with Gasteiger partial charge in [0.25, 0.3) is 0 Å². The molecule has 1 aliphatic heterocycles. The van der Waals surface area contributed by atoms with E-state index >= 15 is 0 Å². The van der Waals surface area contributed by atoms with Crippen molar-refractivity contribution in [3.05, 3.63) is 29.6 Å². The Labute approximate surface area is 113 Å². The van der Waals surface area contributed by atoms with Crippen molar-refractivity contribution in [2.24, 2.45) is 10.9 Å². The Kier molecular flexibility index (Phi) is 4.64. The van der Waals surface area contributed by atoms with Crippen LogP contribution in [0.5, 0.6) is 0 Å². The van der Waals surface area contributed by atoms with Crippen LogP contribution in [0.2, 0.25) is 0 Å². The van der Waals surface area contributed by atoms with Crippen molar-refractivity contribution in [2.75, 3.05) is 6.54 Å². The highest BCUT2D eigenvalue weighted by molar-refractivity contribution is 8.14. The first-order chi connectivity index (χ1) is 8.63. The lowest BCUT2D eigenvalue weighted by atomic mass is 10.1. The second-order valence-electron chi connectivity index (χ2n) is 5.14. The minimum absolute atomic E-state index is 0.651. The summed E-state index contributed by atoms with van der Waals surface area (Å²) in [5, 5.41) is 5.10. The summed E-state index contributed by atoms with van der Waals surface area (Å²) in [4.78, 5) is 9.02. The van der Waals surface area contributed by atoms with E-state index in [4.69, 9.17) is 0 Å². The van der Waals surface area contributed by atoms with Gasteiger partial charge >= 0.3 is 0 Å². The third-order valence-corrected chi connectivity index (χ3v) is 3.99. The van der Waals surface area contributed by atoms with Gasteiger partial charge in [-0.25, -0.2) is 0 Å². The highest BCUT2D eigenvalue weighted by atomic mass is 32.2. The van der Waals surface area contributed by atoms with Crippen LogP contribution in [0.15, 0.2) is 23.2 Å². The Hall–Kier alpha value is -1.03. The van der Waals surface area contributed by atoms with Crippen LogP contribution in [0.25, 0.3) is 0 Å². The Morgan fingerprint density at radius 1 is 1.44 bits per heavy atom. The second kappa shape index (κ2) is 6.23. The van der Waals surface area contributed by atoms with Crippen molar-refractivity contribution in [3.63, 3.8) is 0 Å². The second-order valence-corrected chi connectivity index (χ2v) is 6.43. The molecule has 0 fully saturated rings. The highest BCUT2D eigenvalue weighted by Crippen LogP contribution is 2.25. The monoisotopic (exact) mass is 263 g/mol. The minimum Gasteiger partial charge on any atom is -0.359 e. The molecular formula is C14H21N3S. The molecule has 0 aromatic carbocycles. The molecule has 98 valence electrons. The number of aryl methyl sites for hydroxylation is 1. The summed E-state index contributed by atoms with van der Waals surface area (Å²) in [5.74, 6) is 0.746. The van der Waals surface area contributed by atoms with Gasteiger partial charge in [-0.2, -0.15) is 0 Å². The van der Waals surface area contributed by atoms with Gasteiger partial charge in [-0.3, -0.25) is 9.98 Å². The van der Waals surface area contributed by atoms with Crippen molar-refractivity contribution in [3.8, 4) is 0 Å². The lowest BCUT2D eigenvalue weighted by molar-refractivity contribution is 0.575. The van der Waals surface area contributed by atoms with Crippen molar-refractivity contribution >= 4 is 16.9 Å². The van der Waals surface area contributed by atoms with Crippen LogP contribution in [0.4, 0.5) is 0 Å². The fraction of sp³-hybridized carbons (Fsp3) is 0.571. The number of nitrogens with zero attached hydrogens (tertiary/aromatic N) is 2. The maximum atomic E-state index is 4.55. The van der Waals surface area contributed by atoms with E-state index in [9.17, 15) is 0 Å². The van der Waals surface area contributed by atoms with E-state index in [2.05, 4.69) is 29.1 Å². The molecule has 0 aliphatic carbocycles. The summed E-state index contributed by atoms with van der Waals surface area (Å²) >= 11 is 1.87. The van der Waals surface area contributed by atoms with Gasteiger partial charge in [0.05, 0.1) is 18.8 Å². The van der Waals surface area contributed by atoms with E-state index in [-0.39, 0.29) is 0 Å². The van der Waals surface area contributed by atoms with Gasteiger partial charge in [0.15, 0.2) is 5.17 Å². The molecule has 0 radical (unpaired) electrons. The first-order valence-electron chi connectivity index (χ1n) is 6.51. The minimum atomic E-state index is 0.651. The number of aliphatic imine (C=N–C) groups is 1. The number of nitrogens with one attached hydrogen (secondary N) is 1. The first kappa shape index (κ1) is 13.4. The third kappa shape index (κ3) is 4.02. The van der Waals surface area contributed by atoms with Crippen molar-refractivity contribution < 1.29 is 0 Å². The molecule has 0 spiro atoms. The van der Waals surface area contributed by atoms with Gasteiger partial charge in [0, 0.05) is 10.9 Å². The van der Waals surface area contributed by atoms with Crippen molar-refractivity contribution in [1.29, 1.82) is 0 Å². The van der Waals surface area contributed by atoms with Gasteiger partial charge in [-0.1, -0.05) is 31.7 Å². The molecule has 18 heavy (non-hydrogen) atoms. The predicted molar refractivity (Wildman–Crippen MR) is 78.9 cm³/mol. The van der Waals surface area contributed by atoms with Crippen LogP contribution in [0, 0.1) is 12.8 Å². The van der Waals surface area contributed by atoms with Crippen LogP contribution in [-0.4, -0.2) is 21.9 Å². The maximum Gasteiger partial charge on any atom is 0.157 e. The van der Waals surface area contributed by atoms with E-state index < -0.39 is 0 Å². The van der Waals surface area contributed by atoms with Gasteiger partial charge in [0.2, 0.25) is 0 Å². The fourth-order valence-electron chi connectivity index (χ4n) is 2.03. The van der Waals surface area contributed by atoms with Gasteiger partial charge in [-0.15, -0.1) is 0 Å². The number of thioether (sulfide) groups is 1. The molecule has 1 aromatic heterocycles. The standard InChI is InChI=1S/C14H21N3S/c1-10(2)7-13-9-16-14(18-13)15-8-12-6-4-5-11(3)17-12/h4-6,10,13H,7-9H2,1-3H3,(H,15,16). The zero-order chi connectivity index (χ0) is 13.0. The summed E-state index contributed by atoms with van der Waals surface area (Å²) < 4.78 is 0. The van der Waals surface area contributed by atoms with Gasteiger partial charge in [-0.05, 0) is 31.4 Å². The van der Waals surface area contributed by atoms with Crippen molar-refractivity contribution in [2.45, 2.75) is 39.0 Å². The Morgan fingerprint density at radius 3 is 3.00 bits per heavy atom. The zero-order valence-electron chi connectivity index (χ0n) is 11.3.